The topological polar surface area (TPSA) is 6.48 Å². The maximum absolute atomic E-state index is 2.33. The zero-order valence-corrected chi connectivity index (χ0v) is 11.3. The van der Waals surface area contributed by atoms with Crippen LogP contribution in [0.25, 0.3) is 0 Å². The minimum absolute atomic E-state index is 0.282. The molecule has 0 radical (unpaired) electrons. The first-order chi connectivity index (χ1) is 5.13. The van der Waals surface area contributed by atoms with E-state index in [9.17, 15) is 0 Å². The average Bonchev–Trinajstić information content (AvgIpc) is 1.85. The predicted molar refractivity (Wildman–Crippen MR) is 59.0 cm³/mol. The summed E-state index contributed by atoms with van der Waals surface area (Å²) >= 11 is 0. The van der Waals surface area contributed by atoms with Gasteiger partial charge in [-0.25, -0.2) is 0 Å². The molecule has 11 heavy (non-hydrogen) atoms. The molecule has 0 aromatic heterocycles. The first-order valence-corrected chi connectivity index (χ1v) is 8.42. The zero-order valence-electron chi connectivity index (χ0n) is 8.43. The second-order valence-corrected chi connectivity index (χ2v) is 8.80. The van der Waals surface area contributed by atoms with Crippen molar-refractivity contribution < 1.29 is 0 Å². The molecule has 0 atom stereocenters. The van der Waals surface area contributed by atoms with Crippen molar-refractivity contribution in [3.63, 3.8) is 0 Å². The smallest absolute Gasteiger partial charge is 0.0338 e. The number of hydrogen-bond acceptors (Lipinski definition) is 2. The number of nitrogens with zero attached hydrogens (tertiary/aromatic N) is 2. The minimum Gasteiger partial charge on any atom is -0.313 e. The van der Waals surface area contributed by atoms with Crippen molar-refractivity contribution in [3.8, 4) is 0 Å². The fourth-order valence-electron chi connectivity index (χ4n) is 1.03. The second kappa shape index (κ2) is 7.03. The summed E-state index contributed by atoms with van der Waals surface area (Å²) in [6.45, 7) is 0. The standard InChI is InChI=1S/C7H22N2Si2/c1-8(2)5-10-7-11-6-9(3)4/h5-7,10-11H2,1-4H3. The Morgan fingerprint density at radius 2 is 1.18 bits per heavy atom. The molecular formula is C7H22N2Si2. The summed E-state index contributed by atoms with van der Waals surface area (Å²) < 4.78 is 0. The molecule has 0 N–H and O–H groups in total. The maximum Gasteiger partial charge on any atom is 0.0338 e. The Hall–Kier alpha value is 0.354. The predicted octanol–water partition coefficient (Wildman–Crippen LogP) is -1.26. The summed E-state index contributed by atoms with van der Waals surface area (Å²) in [5.74, 6) is 0. The normalized spacial score (nSPS) is 13.6. The van der Waals surface area contributed by atoms with Crippen LogP contribution < -0.4 is 0 Å². The summed E-state index contributed by atoms with van der Waals surface area (Å²) in [7, 11) is 9.29. The largest absolute Gasteiger partial charge is 0.313 e. The summed E-state index contributed by atoms with van der Waals surface area (Å²) in [5, 5.41) is 0. The van der Waals surface area contributed by atoms with Gasteiger partial charge in [-0.2, -0.15) is 0 Å². The van der Waals surface area contributed by atoms with E-state index >= 15 is 0 Å². The van der Waals surface area contributed by atoms with Gasteiger partial charge in [0.1, 0.15) is 0 Å². The van der Waals surface area contributed by atoms with Crippen LogP contribution in [0.15, 0.2) is 0 Å². The Balaban J connectivity index is 2.91. The van der Waals surface area contributed by atoms with Crippen LogP contribution in [0.1, 0.15) is 0 Å². The number of rotatable bonds is 6. The van der Waals surface area contributed by atoms with Crippen molar-refractivity contribution >= 4 is 19.0 Å². The van der Waals surface area contributed by atoms with E-state index in [1.807, 2.05) is 0 Å². The van der Waals surface area contributed by atoms with Gasteiger partial charge >= 0.3 is 0 Å². The van der Waals surface area contributed by atoms with Gasteiger partial charge in [0.15, 0.2) is 0 Å². The van der Waals surface area contributed by atoms with Crippen molar-refractivity contribution in [3.05, 3.63) is 0 Å². The van der Waals surface area contributed by atoms with Gasteiger partial charge in [-0.15, -0.1) is 0 Å². The average molecular weight is 190 g/mol. The van der Waals surface area contributed by atoms with E-state index in [1.165, 1.54) is 12.3 Å². The lowest BCUT2D eigenvalue weighted by Gasteiger charge is -2.10. The molecule has 2 nitrogen and oxygen atoms in total. The van der Waals surface area contributed by atoms with Crippen molar-refractivity contribution in [1.29, 1.82) is 0 Å². The Morgan fingerprint density at radius 3 is 1.45 bits per heavy atom. The minimum atomic E-state index is 0.282. The quantitative estimate of drug-likeness (QED) is 0.381. The number of hydrogen-bond donors (Lipinski definition) is 0. The lowest BCUT2D eigenvalue weighted by atomic mass is 11.0. The molecule has 0 saturated heterocycles. The highest BCUT2D eigenvalue weighted by molar-refractivity contribution is 6.56. The lowest BCUT2D eigenvalue weighted by Crippen LogP contribution is -2.24. The third-order valence-corrected chi connectivity index (χ3v) is 8.13. The van der Waals surface area contributed by atoms with Gasteiger partial charge < -0.3 is 9.80 Å². The summed E-state index contributed by atoms with van der Waals surface area (Å²) in [6, 6.07) is 0. The SMILES string of the molecule is CN(C)C[SiH2]C[SiH2]CN(C)C. The molecule has 0 rings (SSSR count). The van der Waals surface area contributed by atoms with Crippen LogP contribution in [0, 0.1) is 0 Å². The fourth-order valence-corrected chi connectivity index (χ4v) is 5.50. The molecule has 0 spiro atoms. The maximum atomic E-state index is 2.33. The van der Waals surface area contributed by atoms with Gasteiger partial charge in [0.25, 0.3) is 0 Å². The van der Waals surface area contributed by atoms with Gasteiger partial charge in [0.2, 0.25) is 0 Å². The molecule has 0 amide bonds. The van der Waals surface area contributed by atoms with Gasteiger partial charge in [-0.1, -0.05) is 5.67 Å². The van der Waals surface area contributed by atoms with E-state index in [1.54, 1.807) is 5.67 Å². The summed E-state index contributed by atoms with van der Waals surface area (Å²) in [5.41, 5.74) is 1.64. The molecule has 0 aliphatic heterocycles. The molecule has 0 unspecified atom stereocenters. The molecule has 0 aliphatic rings. The zero-order chi connectivity index (χ0) is 8.69. The van der Waals surface area contributed by atoms with Crippen LogP contribution in [-0.2, 0) is 0 Å². The third kappa shape index (κ3) is 10.4. The highest BCUT2D eigenvalue weighted by atomic mass is 28.3. The van der Waals surface area contributed by atoms with Gasteiger partial charge in [0.05, 0.1) is 0 Å². The van der Waals surface area contributed by atoms with Gasteiger partial charge in [-0.05, 0) is 40.5 Å². The van der Waals surface area contributed by atoms with Crippen molar-refractivity contribution in [2.45, 2.75) is 5.67 Å². The molecular weight excluding hydrogens is 168 g/mol. The Labute approximate surface area is 75.6 Å². The van der Waals surface area contributed by atoms with Crippen LogP contribution in [-0.4, -0.2) is 69.4 Å². The summed E-state index contributed by atoms with van der Waals surface area (Å²) in [4.78, 5) is 4.66. The summed E-state index contributed by atoms with van der Waals surface area (Å²) in [6.07, 6.45) is 2.81. The van der Waals surface area contributed by atoms with Crippen LogP contribution >= 0.6 is 0 Å². The highest BCUT2D eigenvalue weighted by Crippen LogP contribution is 1.80. The van der Waals surface area contributed by atoms with Crippen molar-refractivity contribution in [2.24, 2.45) is 0 Å². The van der Waals surface area contributed by atoms with Gasteiger partial charge in [0, 0.05) is 19.0 Å². The van der Waals surface area contributed by atoms with Crippen LogP contribution in [0.4, 0.5) is 0 Å². The molecule has 0 aliphatic carbocycles. The fraction of sp³-hybridized carbons (Fsp3) is 1.00. The van der Waals surface area contributed by atoms with E-state index in [4.69, 9.17) is 0 Å². The van der Waals surface area contributed by atoms with E-state index in [0.29, 0.717) is 0 Å². The lowest BCUT2D eigenvalue weighted by molar-refractivity contribution is 0.475. The van der Waals surface area contributed by atoms with E-state index in [2.05, 4.69) is 38.0 Å². The second-order valence-electron chi connectivity index (χ2n) is 3.67. The van der Waals surface area contributed by atoms with Gasteiger partial charge in [-0.3, -0.25) is 0 Å². The first kappa shape index (κ1) is 11.4. The molecule has 68 valence electrons. The van der Waals surface area contributed by atoms with Crippen LogP contribution in [0.3, 0.4) is 0 Å². The molecule has 0 fully saturated rings. The Kier molecular flexibility index (Phi) is 7.25. The van der Waals surface area contributed by atoms with Crippen molar-refractivity contribution in [2.75, 3.05) is 40.5 Å². The van der Waals surface area contributed by atoms with E-state index in [0.717, 1.165) is 0 Å². The van der Waals surface area contributed by atoms with Crippen LogP contribution in [0.2, 0.25) is 5.67 Å². The Morgan fingerprint density at radius 1 is 0.818 bits per heavy atom. The van der Waals surface area contributed by atoms with Crippen molar-refractivity contribution in [1.82, 2.24) is 9.80 Å². The van der Waals surface area contributed by atoms with Crippen LogP contribution in [0.5, 0.6) is 0 Å². The molecule has 0 saturated carbocycles. The van der Waals surface area contributed by atoms with E-state index < -0.39 is 0 Å². The monoisotopic (exact) mass is 190 g/mol. The molecule has 0 aromatic rings. The molecule has 0 bridgehead atoms. The molecule has 0 heterocycles. The molecule has 4 heteroatoms. The van der Waals surface area contributed by atoms with E-state index in [-0.39, 0.29) is 19.0 Å². The first-order valence-electron chi connectivity index (χ1n) is 4.42. The Bertz CT molecular complexity index is 76.5. The highest BCUT2D eigenvalue weighted by Gasteiger charge is 1.94. The third-order valence-electron chi connectivity index (χ3n) is 1.71. The molecule has 0 aromatic carbocycles.